The van der Waals surface area contributed by atoms with Crippen molar-refractivity contribution in [2.45, 2.75) is 237 Å². The number of unbranched alkanes of at least 4 members (excludes halogenated alkanes) is 2. The molecule has 0 spiro atoms. The number of aliphatic imine (C=N–C) groups is 3. The highest BCUT2D eigenvalue weighted by Crippen LogP contribution is 2.21. The Bertz CT molecular complexity index is 3640. The highest BCUT2D eigenvalue weighted by atomic mass is 16.3. The quantitative estimate of drug-likeness (QED) is 0.0147. The molecular formula is C74H125N25O13. The maximum atomic E-state index is 15.0. The third-order valence-corrected chi connectivity index (χ3v) is 18.8. The van der Waals surface area contributed by atoms with Gasteiger partial charge in [-0.3, -0.25) is 72.5 Å². The Morgan fingerprint density at radius 1 is 0.411 bits per heavy atom. The Balaban J connectivity index is 2.05. The van der Waals surface area contributed by atoms with E-state index in [0.717, 1.165) is 0 Å². The zero-order chi connectivity index (χ0) is 83.7. The van der Waals surface area contributed by atoms with Crippen molar-refractivity contribution in [2.75, 3.05) is 32.7 Å². The lowest BCUT2D eigenvalue weighted by atomic mass is 9.95. The first-order chi connectivity index (χ1) is 53.0. The van der Waals surface area contributed by atoms with Gasteiger partial charge >= 0.3 is 0 Å². The van der Waals surface area contributed by atoms with Crippen molar-refractivity contribution in [3.05, 3.63) is 65.9 Å². The molecule has 1 aromatic heterocycles. The summed E-state index contributed by atoms with van der Waals surface area (Å²) in [6.07, 6.45) is 4.11. The number of benzene rings is 2. The molecule has 0 saturated heterocycles. The van der Waals surface area contributed by atoms with Crippen molar-refractivity contribution >= 4 is 99.7 Å². The minimum Gasteiger partial charge on any atom is -0.508 e. The largest absolute Gasteiger partial charge is 0.508 e. The van der Waals surface area contributed by atoms with Crippen LogP contribution in [-0.4, -0.2) is 204 Å². The number of hydrogen-bond acceptors (Lipinski definition) is 19. The van der Waals surface area contributed by atoms with E-state index in [0.29, 0.717) is 67.0 Å². The molecular weight excluding hydrogens is 1450 g/mol. The van der Waals surface area contributed by atoms with Gasteiger partial charge in [-0.1, -0.05) is 84.7 Å². The van der Waals surface area contributed by atoms with Crippen LogP contribution < -0.4 is 116 Å². The summed E-state index contributed by atoms with van der Waals surface area (Å²) in [5.74, 6) is -11.5. The van der Waals surface area contributed by atoms with Gasteiger partial charge in [0.05, 0.1) is 6.04 Å². The van der Waals surface area contributed by atoms with Crippen LogP contribution in [0.2, 0.25) is 0 Å². The zero-order valence-electron chi connectivity index (χ0n) is 65.9. The Labute approximate surface area is 654 Å². The first kappa shape index (κ1) is 95.3. The van der Waals surface area contributed by atoms with Crippen LogP contribution in [-0.2, 0) is 70.4 Å². The third kappa shape index (κ3) is 34.6. The van der Waals surface area contributed by atoms with E-state index in [1.165, 1.54) is 38.1 Å². The van der Waals surface area contributed by atoms with Gasteiger partial charge in [-0.15, -0.1) is 0 Å². The SMILES string of the molecule is CC[C@H](C)[C@H](NC(=O)[C@H](C)NC(=O)[C@@H](N)CC(C)C)C(=O)N[C@@H](CCCCN)C(=O)N[C@H](C(=O)N[C@@H](Cc1ccc(O)cc1)C(=O)N[C@@H](CCCN=C(N)N)C(=O)N[C@@H](C)C(=O)N[C@@H](Cc1c[nH]c2ccccc12)C(=O)N[C@@H](CCCCN)C(=O)N[C@@H](CCCN=C(N)N)C(=O)N[C@@H](CCCN=C(N)N)C(N)=O)[C@@H](C)CC. The predicted octanol–water partition coefficient (Wildman–Crippen LogP) is -3.60. The number of para-hydroxylation sites is 1. The van der Waals surface area contributed by atoms with Crippen LogP contribution in [0.25, 0.3) is 10.9 Å². The summed E-state index contributed by atoms with van der Waals surface area (Å²) >= 11 is 0. The molecule has 0 bridgehead atoms. The zero-order valence-corrected chi connectivity index (χ0v) is 65.9. The molecule has 0 aliphatic heterocycles. The predicted molar refractivity (Wildman–Crippen MR) is 427 cm³/mol. The minimum atomic E-state index is -1.52. The third-order valence-electron chi connectivity index (χ3n) is 18.8. The smallest absolute Gasteiger partial charge is 0.243 e. The van der Waals surface area contributed by atoms with Crippen molar-refractivity contribution in [3.8, 4) is 5.75 Å². The van der Waals surface area contributed by atoms with Gasteiger partial charge in [-0.05, 0) is 157 Å². The Morgan fingerprint density at radius 3 is 1.21 bits per heavy atom. The van der Waals surface area contributed by atoms with Gasteiger partial charge < -0.3 is 126 Å². The van der Waals surface area contributed by atoms with Gasteiger partial charge in [-0.25, -0.2) is 0 Å². The lowest BCUT2D eigenvalue weighted by Crippen LogP contribution is -2.62. The van der Waals surface area contributed by atoms with Crippen LogP contribution in [0.4, 0.5) is 0 Å². The van der Waals surface area contributed by atoms with E-state index in [1.54, 1.807) is 51.2 Å². The summed E-state index contributed by atoms with van der Waals surface area (Å²) in [5.41, 5.74) is 58.5. The van der Waals surface area contributed by atoms with Crippen LogP contribution in [0, 0.1) is 17.8 Å². The average Bonchev–Trinajstić information content (AvgIpc) is 1.64. The number of nitrogens with zero attached hydrogens (tertiary/aromatic N) is 3. The van der Waals surface area contributed by atoms with Crippen molar-refractivity contribution in [2.24, 2.45) is 90.1 Å². The molecule has 3 rings (SSSR count). The van der Waals surface area contributed by atoms with Gasteiger partial charge in [0.25, 0.3) is 0 Å². The summed E-state index contributed by atoms with van der Waals surface area (Å²) in [6.45, 7) is 14.2. The second-order valence-corrected chi connectivity index (χ2v) is 28.6. The number of aromatic nitrogens is 1. The van der Waals surface area contributed by atoms with Gasteiger partial charge in [0.15, 0.2) is 17.9 Å². The fraction of sp³-hybridized carbons (Fsp3) is 0.608. The summed E-state index contributed by atoms with van der Waals surface area (Å²) in [4.78, 5) is 186. The normalized spacial score (nSPS) is 14.9. The van der Waals surface area contributed by atoms with E-state index >= 15 is 4.79 Å². The average molecular weight is 1570 g/mol. The summed E-state index contributed by atoms with van der Waals surface area (Å²) < 4.78 is 0. The highest BCUT2D eigenvalue weighted by molar-refractivity contribution is 6.00. The maximum Gasteiger partial charge on any atom is 0.243 e. The number of aromatic amines is 1. The second-order valence-electron chi connectivity index (χ2n) is 28.6. The van der Waals surface area contributed by atoms with Crippen LogP contribution in [0.1, 0.15) is 163 Å². The number of phenols is 1. The second kappa shape index (κ2) is 50.1. The van der Waals surface area contributed by atoms with Crippen molar-refractivity contribution in [1.82, 2.24) is 63.5 Å². The standard InChI is InChI=1S/C74H125N25O13/c1-9-41(5)58(98-62(103)44(8)89-63(104)49(77)36-40(3)4)70(111)95-53(23-14-16-32-76)67(108)99-59(42(6)10-2)71(112)97-56(37-45-27-29-47(100)30-28-45)68(109)94-54(25-18-34-86-73(81)82)64(105)90-43(7)61(102)96-57(38-46-39-88-50-21-12-11-20-48(46)50)69(110)93-52(22-13-15-31-75)66(107)92-55(26-19-35-87-74(83)84)65(106)91-51(60(78)101)24-17-33-85-72(79)80/h11-12,20-21,27-30,39-44,49,51-59,88,100H,9-10,13-19,22-26,31-38,75-77H2,1-8H3,(H2,78,101)(H,89,104)(H,90,105)(H,91,106)(H,92,107)(H,93,110)(H,94,109)(H,95,111)(H,96,102)(H,97,112)(H,98,103)(H,99,108)(H4,79,80,85)(H4,81,82,86)(H4,83,84,87)/t41-,42-,43-,44-,49-,51-,52-,53-,54-,55-,56-,57-,58-,59-/m0/s1. The maximum absolute atomic E-state index is 15.0. The number of guanidine groups is 3. The Kier molecular flexibility index (Phi) is 42.6. The van der Waals surface area contributed by atoms with Gasteiger partial charge in [0, 0.05) is 49.6 Å². The Morgan fingerprint density at radius 2 is 0.768 bits per heavy atom. The molecule has 0 saturated carbocycles. The van der Waals surface area contributed by atoms with Gasteiger partial charge in [-0.2, -0.15) is 0 Å². The molecule has 38 heteroatoms. The van der Waals surface area contributed by atoms with Crippen LogP contribution in [0.3, 0.4) is 0 Å². The number of phenolic OH excluding ortho intramolecular Hbond substituents is 1. The molecule has 2 aromatic carbocycles. The fourth-order valence-corrected chi connectivity index (χ4v) is 11.9. The molecule has 624 valence electrons. The summed E-state index contributed by atoms with van der Waals surface area (Å²) in [7, 11) is 0. The summed E-state index contributed by atoms with van der Waals surface area (Å²) in [5, 5.41) is 40.8. The number of aromatic hydroxyl groups is 1. The number of primary amides is 1. The first-order valence-corrected chi connectivity index (χ1v) is 38.3. The van der Waals surface area contributed by atoms with E-state index in [9.17, 15) is 57.8 Å². The monoisotopic (exact) mass is 1570 g/mol. The van der Waals surface area contributed by atoms with E-state index in [-0.39, 0.29) is 126 Å². The number of H-pyrrole nitrogens is 1. The molecule has 0 aliphatic rings. The number of amides is 12. The van der Waals surface area contributed by atoms with E-state index in [4.69, 9.17) is 57.3 Å². The topological polar surface area (TPSA) is 670 Å². The molecule has 38 nitrogen and oxygen atoms in total. The highest BCUT2D eigenvalue weighted by Gasteiger charge is 2.38. The van der Waals surface area contributed by atoms with Crippen LogP contribution in [0.5, 0.6) is 5.75 Å². The number of nitrogens with one attached hydrogen (secondary N) is 12. The van der Waals surface area contributed by atoms with E-state index in [1.807, 2.05) is 20.8 Å². The van der Waals surface area contributed by atoms with Crippen LogP contribution >= 0.6 is 0 Å². The fourth-order valence-electron chi connectivity index (χ4n) is 11.9. The van der Waals surface area contributed by atoms with Crippen LogP contribution in [0.15, 0.2) is 69.7 Å². The summed E-state index contributed by atoms with van der Waals surface area (Å²) in [6, 6.07) is -2.83. The molecule has 14 atom stereocenters. The van der Waals surface area contributed by atoms with Gasteiger partial charge in [0.1, 0.15) is 72.2 Å². The molecule has 3 aromatic rings. The van der Waals surface area contributed by atoms with Crippen molar-refractivity contribution in [1.29, 1.82) is 0 Å². The van der Waals surface area contributed by atoms with Gasteiger partial charge in [0.2, 0.25) is 70.9 Å². The number of hydrogen-bond donors (Lipinski definition) is 23. The Hall–Kier alpha value is -10.9. The molecule has 1 heterocycles. The van der Waals surface area contributed by atoms with Crippen molar-refractivity contribution in [3.63, 3.8) is 0 Å². The molecule has 12 amide bonds. The molecule has 33 N–H and O–H groups in total. The first-order valence-electron chi connectivity index (χ1n) is 38.3. The minimum absolute atomic E-state index is 0.0150. The number of carbonyl (C=O) groups excluding carboxylic acids is 12. The lowest BCUT2D eigenvalue weighted by molar-refractivity contribution is -0.137. The number of nitrogens with two attached hydrogens (primary N) is 10. The molecule has 0 unspecified atom stereocenters. The molecule has 0 aliphatic carbocycles. The molecule has 0 radical (unpaired) electrons. The number of fused-ring (bicyclic) bond motifs is 1. The lowest BCUT2D eigenvalue weighted by Gasteiger charge is -2.30. The van der Waals surface area contributed by atoms with Crippen molar-refractivity contribution < 1.29 is 62.6 Å². The number of rotatable bonds is 53. The van der Waals surface area contributed by atoms with E-state index in [2.05, 4.69) is 78.4 Å². The molecule has 112 heavy (non-hydrogen) atoms. The number of carbonyl (C=O) groups is 12. The van der Waals surface area contributed by atoms with E-state index < -0.39 is 155 Å². The molecule has 0 fully saturated rings.